The number of hydrogen-bond donors (Lipinski definition) is 2. The number of benzene rings is 2. The highest BCUT2D eigenvalue weighted by atomic mass is 32.1. The van der Waals surface area contributed by atoms with Gasteiger partial charge in [-0.25, -0.2) is 9.37 Å². The number of aromatic nitrogens is 4. The first-order valence-electron chi connectivity index (χ1n) is 7.68. The number of rotatable bonds is 4. The zero-order valence-corrected chi connectivity index (χ0v) is 14.1. The number of thiazole rings is 1. The summed E-state index contributed by atoms with van der Waals surface area (Å²) in [6.07, 6.45) is 0. The Hall–Kier alpha value is -3.39. The fourth-order valence-electron chi connectivity index (χ4n) is 2.40. The summed E-state index contributed by atoms with van der Waals surface area (Å²) in [4.78, 5) is 19.0. The molecule has 8 heteroatoms. The Kier molecular flexibility index (Phi) is 4.24. The van der Waals surface area contributed by atoms with Gasteiger partial charge in [-0.05, 0) is 36.4 Å². The summed E-state index contributed by atoms with van der Waals surface area (Å²) in [5.41, 5.74) is 3.75. The van der Waals surface area contributed by atoms with E-state index in [1.54, 1.807) is 53.4 Å². The summed E-state index contributed by atoms with van der Waals surface area (Å²) in [7, 11) is 0. The van der Waals surface area contributed by atoms with E-state index in [0.717, 1.165) is 5.56 Å². The Balaban J connectivity index is 1.53. The molecule has 2 heterocycles. The van der Waals surface area contributed by atoms with Crippen LogP contribution in [0.5, 0.6) is 0 Å². The van der Waals surface area contributed by atoms with Crippen molar-refractivity contribution >= 4 is 22.9 Å². The second-order valence-corrected chi connectivity index (χ2v) is 6.13. The van der Waals surface area contributed by atoms with Gasteiger partial charge in [0.1, 0.15) is 11.5 Å². The minimum atomic E-state index is -0.365. The van der Waals surface area contributed by atoms with Crippen molar-refractivity contribution in [1.82, 2.24) is 20.2 Å². The van der Waals surface area contributed by atoms with Crippen LogP contribution in [0.4, 0.5) is 10.1 Å². The summed E-state index contributed by atoms with van der Waals surface area (Å²) in [6, 6.07) is 13.5. The van der Waals surface area contributed by atoms with Crippen LogP contribution in [0.15, 0.2) is 59.4 Å². The van der Waals surface area contributed by atoms with Crippen molar-refractivity contribution in [3.63, 3.8) is 0 Å². The van der Waals surface area contributed by atoms with Crippen LogP contribution in [0.1, 0.15) is 10.5 Å². The third-order valence-corrected chi connectivity index (χ3v) is 4.28. The number of hydrogen-bond acceptors (Lipinski definition) is 5. The first kappa shape index (κ1) is 16.1. The molecule has 2 aromatic heterocycles. The lowest BCUT2D eigenvalue weighted by atomic mass is 10.2. The molecule has 0 aliphatic rings. The molecule has 128 valence electrons. The first-order chi connectivity index (χ1) is 12.7. The van der Waals surface area contributed by atoms with Gasteiger partial charge in [0.25, 0.3) is 5.91 Å². The molecule has 0 saturated carbocycles. The number of halogens is 1. The maximum absolute atomic E-state index is 13.8. The lowest BCUT2D eigenvalue weighted by Gasteiger charge is -2.04. The van der Waals surface area contributed by atoms with E-state index >= 15 is 0 Å². The zero-order chi connectivity index (χ0) is 17.9. The van der Waals surface area contributed by atoms with E-state index in [4.69, 9.17) is 0 Å². The molecule has 0 fully saturated rings. The van der Waals surface area contributed by atoms with Gasteiger partial charge in [-0.3, -0.25) is 4.79 Å². The van der Waals surface area contributed by atoms with Crippen LogP contribution in [0.3, 0.4) is 0 Å². The Morgan fingerprint density at radius 3 is 2.54 bits per heavy atom. The van der Waals surface area contributed by atoms with Gasteiger partial charge in [0.2, 0.25) is 0 Å². The number of anilines is 1. The summed E-state index contributed by atoms with van der Waals surface area (Å²) >= 11 is 1.36. The highest BCUT2D eigenvalue weighted by Gasteiger charge is 2.12. The number of nitrogens with one attached hydrogen (secondary N) is 2. The molecule has 2 aromatic carbocycles. The van der Waals surface area contributed by atoms with Crippen LogP contribution >= 0.6 is 11.3 Å². The number of amides is 1. The summed E-state index contributed by atoms with van der Waals surface area (Å²) in [5, 5.41) is 12.5. The minimum Gasteiger partial charge on any atom is -0.321 e. The second-order valence-electron chi connectivity index (χ2n) is 5.41. The highest BCUT2D eigenvalue weighted by Crippen LogP contribution is 2.23. The van der Waals surface area contributed by atoms with E-state index in [2.05, 4.69) is 25.5 Å². The monoisotopic (exact) mass is 365 g/mol. The van der Waals surface area contributed by atoms with Gasteiger partial charge < -0.3 is 10.3 Å². The number of nitrogens with zero attached hydrogens (tertiary/aromatic N) is 3. The van der Waals surface area contributed by atoms with Crippen LogP contribution in [0.25, 0.3) is 22.8 Å². The summed E-state index contributed by atoms with van der Waals surface area (Å²) in [5.74, 6) is 0.246. The molecule has 0 bridgehead atoms. The largest absolute Gasteiger partial charge is 0.321 e. The van der Waals surface area contributed by atoms with Crippen molar-refractivity contribution < 1.29 is 9.18 Å². The van der Waals surface area contributed by atoms with Crippen molar-refractivity contribution in [2.75, 3.05) is 5.32 Å². The molecular formula is C18H12FN5OS. The lowest BCUT2D eigenvalue weighted by molar-refractivity contribution is 0.102. The molecule has 0 aliphatic carbocycles. The molecule has 26 heavy (non-hydrogen) atoms. The van der Waals surface area contributed by atoms with E-state index in [-0.39, 0.29) is 11.7 Å². The van der Waals surface area contributed by atoms with Crippen LogP contribution in [0.2, 0.25) is 0 Å². The summed E-state index contributed by atoms with van der Waals surface area (Å²) in [6.45, 7) is 0. The van der Waals surface area contributed by atoms with Crippen molar-refractivity contribution in [2.45, 2.75) is 0 Å². The second kappa shape index (κ2) is 6.85. The molecule has 0 unspecified atom stereocenters. The van der Waals surface area contributed by atoms with Crippen LogP contribution < -0.4 is 5.32 Å². The predicted octanol–water partition coefficient (Wildman–Crippen LogP) is 3.99. The van der Waals surface area contributed by atoms with Gasteiger partial charge in [0.15, 0.2) is 11.6 Å². The van der Waals surface area contributed by atoms with Gasteiger partial charge in [-0.15, -0.1) is 21.5 Å². The zero-order valence-electron chi connectivity index (χ0n) is 13.3. The van der Waals surface area contributed by atoms with E-state index in [1.807, 2.05) is 0 Å². The van der Waals surface area contributed by atoms with Crippen molar-refractivity contribution in [1.29, 1.82) is 0 Å². The molecule has 4 aromatic rings. The summed E-state index contributed by atoms with van der Waals surface area (Å²) < 4.78 is 13.8. The smallest absolute Gasteiger partial charge is 0.275 e. The van der Waals surface area contributed by atoms with Gasteiger partial charge in [-0.1, -0.05) is 12.1 Å². The van der Waals surface area contributed by atoms with Crippen molar-refractivity contribution in [3.8, 4) is 22.8 Å². The highest BCUT2D eigenvalue weighted by molar-refractivity contribution is 7.07. The number of carbonyl (C=O) groups is 1. The molecular weight excluding hydrogens is 353 g/mol. The average Bonchev–Trinajstić information content (AvgIpc) is 3.35. The van der Waals surface area contributed by atoms with Crippen LogP contribution in [0, 0.1) is 5.82 Å². The van der Waals surface area contributed by atoms with Gasteiger partial charge in [0, 0.05) is 16.6 Å². The molecule has 2 N–H and O–H groups in total. The molecule has 0 spiro atoms. The van der Waals surface area contributed by atoms with Gasteiger partial charge in [0.05, 0.1) is 11.1 Å². The molecule has 0 saturated heterocycles. The predicted molar refractivity (Wildman–Crippen MR) is 97.3 cm³/mol. The standard InChI is InChI=1S/C18H12FN5OS/c19-14-4-2-1-3-13(14)17-22-16(23-24-17)11-5-7-12(8-6-11)21-18(25)15-9-26-10-20-15/h1-10H,(H,21,25)(H,22,23,24). The molecule has 0 radical (unpaired) electrons. The normalized spacial score (nSPS) is 10.7. The lowest BCUT2D eigenvalue weighted by Crippen LogP contribution is -2.11. The number of H-pyrrole nitrogens is 1. The number of carbonyl (C=O) groups excluding carboxylic acids is 1. The third-order valence-electron chi connectivity index (χ3n) is 3.70. The third kappa shape index (κ3) is 3.22. The molecule has 6 nitrogen and oxygen atoms in total. The minimum absolute atomic E-state index is 0.263. The Labute approximate surface area is 151 Å². The maximum atomic E-state index is 13.8. The van der Waals surface area contributed by atoms with Gasteiger partial charge >= 0.3 is 0 Å². The fourth-order valence-corrected chi connectivity index (χ4v) is 2.93. The molecule has 4 rings (SSSR count). The molecule has 1 amide bonds. The average molecular weight is 365 g/mol. The SMILES string of the molecule is O=C(Nc1ccc(-c2nnc(-c3ccccc3F)[nH]2)cc1)c1cscn1. The Morgan fingerprint density at radius 1 is 1.04 bits per heavy atom. The van der Waals surface area contributed by atoms with Crippen LogP contribution in [-0.2, 0) is 0 Å². The number of aromatic amines is 1. The van der Waals surface area contributed by atoms with E-state index in [9.17, 15) is 9.18 Å². The molecule has 0 aliphatic heterocycles. The maximum Gasteiger partial charge on any atom is 0.275 e. The fraction of sp³-hybridized carbons (Fsp3) is 0. The van der Waals surface area contributed by atoms with Crippen molar-refractivity contribution in [3.05, 3.63) is 70.9 Å². The quantitative estimate of drug-likeness (QED) is 0.573. The molecule has 0 atom stereocenters. The van der Waals surface area contributed by atoms with Crippen molar-refractivity contribution in [2.24, 2.45) is 0 Å². The topological polar surface area (TPSA) is 83.6 Å². The Bertz CT molecular complexity index is 1040. The van der Waals surface area contributed by atoms with Gasteiger partial charge in [-0.2, -0.15) is 0 Å². The van der Waals surface area contributed by atoms with E-state index < -0.39 is 0 Å². The van der Waals surface area contributed by atoms with E-state index in [1.165, 1.54) is 17.4 Å². The first-order valence-corrected chi connectivity index (χ1v) is 8.62. The van der Waals surface area contributed by atoms with Crippen LogP contribution in [-0.4, -0.2) is 26.1 Å². The Morgan fingerprint density at radius 2 is 1.81 bits per heavy atom. The van der Waals surface area contributed by atoms with E-state index in [0.29, 0.717) is 28.6 Å².